The van der Waals surface area contributed by atoms with E-state index >= 15 is 0 Å². The average Bonchev–Trinajstić information content (AvgIpc) is 3.65. The molecule has 8 heteroatoms. The second kappa shape index (κ2) is 10.8. The minimum atomic E-state index is -3.47. The number of carbonyl (C=O) groups excluding carboxylic acids is 2. The summed E-state index contributed by atoms with van der Waals surface area (Å²) in [5.41, 5.74) is 4.10. The number of carbonyl (C=O) groups is 2. The third-order valence-corrected chi connectivity index (χ3v) is 7.30. The minimum Gasteiger partial charge on any atom is -0.352 e. The number of hydrogen-bond acceptors (Lipinski definition) is 4. The summed E-state index contributed by atoms with van der Waals surface area (Å²) < 4.78 is 27.2. The quantitative estimate of drug-likeness (QED) is 0.400. The molecule has 0 bridgehead atoms. The van der Waals surface area contributed by atoms with Crippen molar-refractivity contribution in [2.75, 3.05) is 5.32 Å². The fourth-order valence-corrected chi connectivity index (χ4v) is 4.84. The Bertz CT molecular complexity index is 1300. The van der Waals surface area contributed by atoms with Crippen molar-refractivity contribution < 1.29 is 18.0 Å². The van der Waals surface area contributed by atoms with E-state index in [0.29, 0.717) is 24.2 Å². The zero-order valence-electron chi connectivity index (χ0n) is 19.6. The fraction of sp³-hybridized carbons (Fsp3) is 0.259. The van der Waals surface area contributed by atoms with Gasteiger partial charge in [-0.05, 0) is 73.7 Å². The van der Waals surface area contributed by atoms with Crippen LogP contribution in [0.2, 0.25) is 0 Å². The highest BCUT2D eigenvalue weighted by Crippen LogP contribution is 2.22. The Balaban J connectivity index is 1.24. The molecule has 0 atom stereocenters. The lowest BCUT2D eigenvalue weighted by atomic mass is 10.1. The second-order valence-corrected chi connectivity index (χ2v) is 10.6. The van der Waals surface area contributed by atoms with Gasteiger partial charge >= 0.3 is 0 Å². The van der Waals surface area contributed by atoms with Gasteiger partial charge in [-0.2, -0.15) is 0 Å². The van der Waals surface area contributed by atoms with Gasteiger partial charge in [0.25, 0.3) is 5.91 Å². The molecule has 3 aromatic carbocycles. The van der Waals surface area contributed by atoms with Crippen LogP contribution in [0, 0.1) is 6.92 Å². The van der Waals surface area contributed by atoms with Gasteiger partial charge in [0.15, 0.2) is 0 Å². The summed E-state index contributed by atoms with van der Waals surface area (Å²) in [5.74, 6) is -0.292. The topological polar surface area (TPSA) is 104 Å². The van der Waals surface area contributed by atoms with E-state index < -0.39 is 10.0 Å². The summed E-state index contributed by atoms with van der Waals surface area (Å²) in [4.78, 5) is 25.0. The van der Waals surface area contributed by atoms with Crippen LogP contribution in [0.25, 0.3) is 0 Å². The van der Waals surface area contributed by atoms with Crippen molar-refractivity contribution in [3.8, 4) is 0 Å². The van der Waals surface area contributed by atoms with E-state index in [9.17, 15) is 18.0 Å². The second-order valence-electron chi connectivity index (χ2n) is 8.84. The normalized spacial score (nSPS) is 13.3. The summed E-state index contributed by atoms with van der Waals surface area (Å²) in [6.07, 6.45) is 2.57. The van der Waals surface area contributed by atoms with Gasteiger partial charge in [-0.3, -0.25) is 9.59 Å². The molecule has 3 N–H and O–H groups in total. The monoisotopic (exact) mass is 491 g/mol. The van der Waals surface area contributed by atoms with Crippen molar-refractivity contribution in [3.63, 3.8) is 0 Å². The molecule has 0 aromatic heterocycles. The molecule has 1 fully saturated rings. The van der Waals surface area contributed by atoms with E-state index in [0.717, 1.165) is 29.5 Å². The fourth-order valence-electron chi connectivity index (χ4n) is 3.54. The molecule has 1 saturated carbocycles. The van der Waals surface area contributed by atoms with Gasteiger partial charge in [0.05, 0.1) is 4.90 Å². The average molecular weight is 492 g/mol. The molecule has 0 unspecified atom stereocenters. The number of amides is 2. The van der Waals surface area contributed by atoms with Gasteiger partial charge in [-0.15, -0.1) is 0 Å². The maximum absolute atomic E-state index is 12.4. The smallest absolute Gasteiger partial charge is 0.255 e. The van der Waals surface area contributed by atoms with Crippen molar-refractivity contribution in [1.29, 1.82) is 0 Å². The maximum Gasteiger partial charge on any atom is 0.255 e. The van der Waals surface area contributed by atoms with Gasteiger partial charge in [-0.1, -0.05) is 42.0 Å². The molecule has 182 valence electrons. The lowest BCUT2D eigenvalue weighted by molar-refractivity contribution is -0.121. The largest absolute Gasteiger partial charge is 0.352 e. The van der Waals surface area contributed by atoms with E-state index in [1.54, 1.807) is 42.5 Å². The van der Waals surface area contributed by atoms with Crippen LogP contribution in [0.15, 0.2) is 77.7 Å². The molecule has 0 aliphatic heterocycles. The SMILES string of the molecule is Cc1ccc(C(=O)Nc2cccc(CNC(=O)CCc3ccc(S(=O)(=O)NC4CC4)cc3)c2)cc1. The Morgan fingerprint density at radius 1 is 0.914 bits per heavy atom. The molecular formula is C27H29N3O4S. The van der Waals surface area contributed by atoms with Crippen molar-refractivity contribution >= 4 is 27.5 Å². The van der Waals surface area contributed by atoms with Gasteiger partial charge in [-0.25, -0.2) is 13.1 Å². The highest BCUT2D eigenvalue weighted by Gasteiger charge is 2.27. The van der Waals surface area contributed by atoms with Crippen molar-refractivity contribution in [3.05, 3.63) is 95.1 Å². The Hall–Kier alpha value is -3.49. The maximum atomic E-state index is 12.4. The number of aryl methyl sites for hydroxylation is 2. The minimum absolute atomic E-state index is 0.0635. The van der Waals surface area contributed by atoms with Crippen LogP contribution in [-0.2, 0) is 27.8 Å². The summed E-state index contributed by atoms with van der Waals surface area (Å²) in [6, 6.07) is 21.4. The van der Waals surface area contributed by atoms with Crippen LogP contribution in [0.4, 0.5) is 5.69 Å². The highest BCUT2D eigenvalue weighted by molar-refractivity contribution is 7.89. The van der Waals surface area contributed by atoms with Crippen LogP contribution in [0.3, 0.4) is 0 Å². The molecular weight excluding hydrogens is 462 g/mol. The first-order chi connectivity index (χ1) is 16.8. The molecule has 35 heavy (non-hydrogen) atoms. The summed E-state index contributed by atoms with van der Waals surface area (Å²) >= 11 is 0. The molecule has 1 aliphatic carbocycles. The first kappa shape index (κ1) is 24.6. The zero-order valence-corrected chi connectivity index (χ0v) is 20.4. The summed E-state index contributed by atoms with van der Waals surface area (Å²) in [5, 5.41) is 5.78. The Morgan fingerprint density at radius 3 is 2.31 bits per heavy atom. The molecule has 0 saturated heterocycles. The molecule has 0 spiro atoms. The number of nitrogens with one attached hydrogen (secondary N) is 3. The van der Waals surface area contributed by atoms with Crippen LogP contribution < -0.4 is 15.4 Å². The highest BCUT2D eigenvalue weighted by atomic mass is 32.2. The van der Waals surface area contributed by atoms with Crippen molar-refractivity contribution in [2.45, 2.75) is 50.1 Å². The molecule has 1 aliphatic rings. The van der Waals surface area contributed by atoms with Crippen LogP contribution in [0.1, 0.15) is 46.3 Å². The van der Waals surface area contributed by atoms with Gasteiger partial charge < -0.3 is 10.6 Å². The Kier molecular flexibility index (Phi) is 7.63. The van der Waals surface area contributed by atoms with E-state index in [1.807, 2.05) is 37.3 Å². The molecule has 4 rings (SSSR count). The van der Waals surface area contributed by atoms with Gasteiger partial charge in [0, 0.05) is 30.3 Å². The van der Waals surface area contributed by atoms with Crippen molar-refractivity contribution in [2.24, 2.45) is 0 Å². The van der Waals surface area contributed by atoms with Crippen LogP contribution in [0.5, 0.6) is 0 Å². The Morgan fingerprint density at radius 2 is 1.63 bits per heavy atom. The summed E-state index contributed by atoms with van der Waals surface area (Å²) in [6.45, 7) is 2.31. The predicted molar refractivity (Wildman–Crippen MR) is 136 cm³/mol. The van der Waals surface area contributed by atoms with Crippen LogP contribution >= 0.6 is 0 Å². The number of benzene rings is 3. The van der Waals surface area contributed by atoms with Crippen molar-refractivity contribution in [1.82, 2.24) is 10.0 Å². The molecule has 2 amide bonds. The first-order valence-corrected chi connectivity index (χ1v) is 13.1. The molecule has 0 radical (unpaired) electrons. The van der Waals surface area contributed by atoms with Gasteiger partial charge in [0.2, 0.25) is 15.9 Å². The van der Waals surface area contributed by atoms with Gasteiger partial charge in [0.1, 0.15) is 0 Å². The third kappa shape index (κ3) is 7.24. The Labute approximate surface area is 206 Å². The van der Waals surface area contributed by atoms with Crippen LogP contribution in [-0.4, -0.2) is 26.3 Å². The first-order valence-electron chi connectivity index (χ1n) is 11.6. The molecule has 0 heterocycles. The standard InChI is InChI=1S/C27H29N3O4S/c1-19-5-10-22(11-6-19)27(32)29-24-4-2-3-21(17-24)18-28-26(31)16-9-20-7-14-25(15-8-20)35(33,34)30-23-12-13-23/h2-8,10-11,14-15,17,23,30H,9,12-13,16,18H2,1H3,(H,28,31)(H,29,32). The van der Waals surface area contributed by atoms with E-state index in [-0.39, 0.29) is 29.2 Å². The molecule has 7 nitrogen and oxygen atoms in total. The lowest BCUT2D eigenvalue weighted by Crippen LogP contribution is -2.25. The summed E-state index contributed by atoms with van der Waals surface area (Å²) in [7, 11) is -3.47. The lowest BCUT2D eigenvalue weighted by Gasteiger charge is -2.10. The predicted octanol–water partition coefficient (Wildman–Crippen LogP) is 3.94. The number of rotatable bonds is 10. The number of sulfonamides is 1. The van der Waals surface area contributed by atoms with E-state index in [4.69, 9.17) is 0 Å². The van der Waals surface area contributed by atoms with E-state index in [2.05, 4.69) is 15.4 Å². The third-order valence-electron chi connectivity index (χ3n) is 5.76. The van der Waals surface area contributed by atoms with E-state index in [1.165, 1.54) is 0 Å². The zero-order chi connectivity index (χ0) is 24.8. The molecule has 3 aromatic rings. The number of anilines is 1. The number of hydrogen-bond donors (Lipinski definition) is 3.